The van der Waals surface area contributed by atoms with Crippen LogP contribution in [-0.4, -0.2) is 43.0 Å². The van der Waals surface area contributed by atoms with Crippen LogP contribution < -0.4 is 14.8 Å². The molecule has 0 saturated carbocycles. The first-order valence-corrected chi connectivity index (χ1v) is 14.5. The first-order chi connectivity index (χ1) is 18.0. The van der Waals surface area contributed by atoms with Crippen molar-refractivity contribution in [3.8, 4) is 22.6 Å². The number of carbonyl (C=O) groups excluding carboxylic acids is 1. The number of aromatic nitrogens is 2. The molecule has 1 aromatic heterocycles. The minimum Gasteiger partial charge on any atom is -0.497 e. The maximum absolute atomic E-state index is 13.2. The maximum Gasteiger partial charge on any atom is 0.274 e. The molecule has 0 aliphatic rings. The fourth-order valence-corrected chi connectivity index (χ4v) is 5.91. The van der Waals surface area contributed by atoms with Crippen LogP contribution in [0.15, 0.2) is 88.8 Å². The molecule has 0 spiro atoms. The molecule has 1 amide bonds. The molecule has 0 fully saturated rings. The van der Waals surface area contributed by atoms with E-state index in [0.717, 1.165) is 5.69 Å². The van der Waals surface area contributed by atoms with E-state index in [1.165, 1.54) is 11.8 Å². The topological polar surface area (TPSA) is 102 Å². The van der Waals surface area contributed by atoms with Gasteiger partial charge in [0.05, 0.1) is 17.7 Å². The van der Waals surface area contributed by atoms with E-state index < -0.39 is 15.6 Å². The molecular formula is C28H30N4O4S2. The molecule has 8 nitrogen and oxygen atoms in total. The number of benzene rings is 3. The van der Waals surface area contributed by atoms with Crippen LogP contribution in [0.1, 0.15) is 31.3 Å². The number of hydrogen-bond donors (Lipinski definition) is 2. The summed E-state index contributed by atoms with van der Waals surface area (Å²) in [6.07, 6.45) is 1.90. The van der Waals surface area contributed by atoms with E-state index >= 15 is 0 Å². The summed E-state index contributed by atoms with van der Waals surface area (Å²) in [5.74, 6) is 0.388. The van der Waals surface area contributed by atoms with Crippen molar-refractivity contribution >= 4 is 33.4 Å². The van der Waals surface area contributed by atoms with Gasteiger partial charge in [0.15, 0.2) is 0 Å². The number of sulfonamides is 1. The van der Waals surface area contributed by atoms with Crippen molar-refractivity contribution in [1.29, 1.82) is 0 Å². The molecule has 38 heavy (non-hydrogen) atoms. The van der Waals surface area contributed by atoms with Crippen LogP contribution in [-0.2, 0) is 10.0 Å². The van der Waals surface area contributed by atoms with Crippen LogP contribution in [0.5, 0.6) is 5.75 Å². The summed E-state index contributed by atoms with van der Waals surface area (Å²) in [4.78, 5) is 13.4. The van der Waals surface area contributed by atoms with Gasteiger partial charge in [0, 0.05) is 22.9 Å². The predicted molar refractivity (Wildman–Crippen MR) is 152 cm³/mol. The molecular weight excluding hydrogens is 520 g/mol. The zero-order valence-electron chi connectivity index (χ0n) is 21.8. The number of ether oxygens (including phenoxy) is 1. The lowest BCUT2D eigenvalue weighted by molar-refractivity contribution is 0.101. The van der Waals surface area contributed by atoms with Gasteiger partial charge < -0.3 is 10.1 Å². The maximum atomic E-state index is 13.2. The monoisotopic (exact) mass is 550 g/mol. The third-order valence-corrected chi connectivity index (χ3v) is 7.95. The number of amides is 1. The third-order valence-electron chi connectivity index (χ3n) is 5.52. The van der Waals surface area contributed by atoms with Crippen molar-refractivity contribution in [3.05, 3.63) is 84.6 Å². The molecule has 0 atom stereocenters. The predicted octanol–water partition coefficient (Wildman–Crippen LogP) is 5.60. The van der Waals surface area contributed by atoms with Crippen molar-refractivity contribution in [3.63, 3.8) is 0 Å². The van der Waals surface area contributed by atoms with E-state index in [4.69, 9.17) is 4.74 Å². The number of methoxy groups -OCH3 is 1. The zero-order chi connectivity index (χ0) is 27.5. The molecule has 0 unspecified atom stereocenters. The SMILES string of the molecule is COc1ccc(-n2nc(SC)cc2C(=O)Nc2ccc(-c3ccccc3S(=O)(=O)NC(C)(C)C)cc2)cc1. The van der Waals surface area contributed by atoms with Gasteiger partial charge in [-0.25, -0.2) is 17.8 Å². The largest absolute Gasteiger partial charge is 0.497 e. The number of carbonyl (C=O) groups is 1. The van der Waals surface area contributed by atoms with Crippen molar-refractivity contribution in [1.82, 2.24) is 14.5 Å². The highest BCUT2D eigenvalue weighted by atomic mass is 32.2. The molecule has 3 aromatic carbocycles. The van der Waals surface area contributed by atoms with Crippen LogP contribution in [0.3, 0.4) is 0 Å². The Morgan fingerprint density at radius 1 is 0.974 bits per heavy atom. The molecule has 4 aromatic rings. The molecule has 0 radical (unpaired) electrons. The van der Waals surface area contributed by atoms with Gasteiger partial charge in [0.2, 0.25) is 10.0 Å². The summed E-state index contributed by atoms with van der Waals surface area (Å²) < 4.78 is 35.6. The van der Waals surface area contributed by atoms with Gasteiger partial charge in [-0.15, -0.1) is 11.8 Å². The van der Waals surface area contributed by atoms with Gasteiger partial charge in [0.25, 0.3) is 5.91 Å². The second kappa shape index (κ2) is 11.0. The molecule has 198 valence electrons. The average Bonchev–Trinajstić information content (AvgIpc) is 3.33. The van der Waals surface area contributed by atoms with Gasteiger partial charge >= 0.3 is 0 Å². The number of nitrogens with one attached hydrogen (secondary N) is 2. The molecule has 0 saturated heterocycles. The lowest BCUT2D eigenvalue weighted by Gasteiger charge is -2.21. The van der Waals surface area contributed by atoms with E-state index in [1.807, 2.05) is 30.5 Å². The molecule has 4 rings (SSSR count). The Bertz CT molecular complexity index is 1540. The number of rotatable bonds is 8. The Hall–Kier alpha value is -3.60. The number of hydrogen-bond acceptors (Lipinski definition) is 6. The van der Waals surface area contributed by atoms with Crippen molar-refractivity contribution in [2.45, 2.75) is 36.2 Å². The standard InChI is InChI=1S/C28H30N4O4S2/c1-28(2,3)31-38(34,35)25-9-7-6-8-23(25)19-10-12-20(13-11-19)29-27(33)24-18-26(37-5)30-32(24)21-14-16-22(36-4)17-15-21/h6-18,31H,1-5H3,(H,29,33). The van der Waals surface area contributed by atoms with Crippen LogP contribution in [0.2, 0.25) is 0 Å². The molecule has 0 aliphatic carbocycles. The molecule has 1 heterocycles. The highest BCUT2D eigenvalue weighted by Crippen LogP contribution is 2.29. The third kappa shape index (κ3) is 6.27. The normalized spacial score (nSPS) is 11.8. The minimum absolute atomic E-state index is 0.194. The van der Waals surface area contributed by atoms with Crippen LogP contribution >= 0.6 is 11.8 Å². The van der Waals surface area contributed by atoms with E-state index in [1.54, 1.807) is 87.2 Å². The fourth-order valence-electron chi connectivity index (χ4n) is 3.87. The van der Waals surface area contributed by atoms with Gasteiger partial charge in [-0.2, -0.15) is 5.10 Å². The lowest BCUT2D eigenvalue weighted by Crippen LogP contribution is -2.40. The van der Waals surface area contributed by atoms with E-state index in [9.17, 15) is 13.2 Å². The lowest BCUT2D eigenvalue weighted by atomic mass is 10.1. The van der Waals surface area contributed by atoms with Crippen LogP contribution in [0, 0.1) is 0 Å². The summed E-state index contributed by atoms with van der Waals surface area (Å²) >= 11 is 1.45. The summed E-state index contributed by atoms with van der Waals surface area (Å²) in [6, 6.07) is 22.9. The Labute approximate surface area is 227 Å². The highest BCUT2D eigenvalue weighted by Gasteiger charge is 2.25. The van der Waals surface area contributed by atoms with E-state index in [-0.39, 0.29) is 10.8 Å². The van der Waals surface area contributed by atoms with Crippen molar-refractivity contribution < 1.29 is 17.9 Å². The van der Waals surface area contributed by atoms with Gasteiger partial charge in [-0.1, -0.05) is 30.3 Å². The number of thioether (sulfide) groups is 1. The smallest absolute Gasteiger partial charge is 0.274 e. The second-order valence-corrected chi connectivity index (χ2v) is 12.0. The Morgan fingerprint density at radius 2 is 1.63 bits per heavy atom. The van der Waals surface area contributed by atoms with Gasteiger partial charge in [0.1, 0.15) is 16.5 Å². The van der Waals surface area contributed by atoms with Crippen molar-refractivity contribution in [2.24, 2.45) is 0 Å². The summed E-state index contributed by atoms with van der Waals surface area (Å²) in [6.45, 7) is 5.40. The molecule has 10 heteroatoms. The minimum atomic E-state index is -3.74. The summed E-state index contributed by atoms with van der Waals surface area (Å²) in [7, 11) is -2.14. The quantitative estimate of drug-likeness (QED) is 0.277. The zero-order valence-corrected chi connectivity index (χ0v) is 23.5. The van der Waals surface area contributed by atoms with Gasteiger partial charge in [-0.05, 0) is 75.1 Å². The van der Waals surface area contributed by atoms with Crippen molar-refractivity contribution in [2.75, 3.05) is 18.7 Å². The fraction of sp³-hybridized carbons (Fsp3) is 0.214. The average molecular weight is 551 g/mol. The second-order valence-electron chi connectivity index (χ2n) is 9.56. The number of anilines is 1. The first kappa shape index (κ1) is 27.4. The molecule has 0 aliphatic heterocycles. The summed E-state index contributed by atoms with van der Waals surface area (Å²) in [5.41, 5.74) is 2.35. The van der Waals surface area contributed by atoms with E-state index in [0.29, 0.717) is 33.3 Å². The Kier molecular flexibility index (Phi) is 7.96. The summed E-state index contributed by atoms with van der Waals surface area (Å²) in [5, 5.41) is 8.17. The van der Waals surface area contributed by atoms with Gasteiger partial charge in [-0.3, -0.25) is 4.79 Å². The Balaban J connectivity index is 1.59. The first-order valence-electron chi connectivity index (χ1n) is 11.8. The molecule has 0 bridgehead atoms. The molecule has 2 N–H and O–H groups in total. The van der Waals surface area contributed by atoms with Crippen LogP contribution in [0.25, 0.3) is 16.8 Å². The number of nitrogens with zero attached hydrogens (tertiary/aromatic N) is 2. The Morgan fingerprint density at radius 3 is 2.24 bits per heavy atom. The van der Waals surface area contributed by atoms with Crippen LogP contribution in [0.4, 0.5) is 5.69 Å². The highest BCUT2D eigenvalue weighted by molar-refractivity contribution is 7.98. The van der Waals surface area contributed by atoms with E-state index in [2.05, 4.69) is 15.1 Å².